The molecule has 1 saturated heterocycles. The Hall–Kier alpha value is -1.14. The molecular weight excluding hydrogens is 294 g/mol. The minimum atomic E-state index is -0.818. The molecule has 2 N–H and O–H groups in total. The minimum Gasteiger partial charge on any atom is -0.391 e. The molecule has 1 saturated carbocycles. The molecule has 2 rings (SSSR count). The number of β-amino-alcohol motifs (C(OH)–C–C–N with tert-alkyl or cyclic N) is 1. The van der Waals surface area contributed by atoms with Crippen LogP contribution in [0.4, 0.5) is 0 Å². The molecule has 2 amide bonds. The lowest BCUT2D eigenvalue weighted by Crippen LogP contribution is -2.60. The number of carbonyl (C=O) groups is 2. The zero-order valence-corrected chi connectivity index (χ0v) is 14.9. The molecule has 1 heterocycles. The highest BCUT2D eigenvalue weighted by Gasteiger charge is 2.52. The number of aliphatic hydroxyl groups excluding tert-OH is 1. The van der Waals surface area contributed by atoms with Crippen molar-refractivity contribution in [1.29, 1.82) is 0 Å². The van der Waals surface area contributed by atoms with E-state index in [1.807, 2.05) is 25.7 Å². The molecule has 0 unspecified atom stereocenters. The molecule has 2 fully saturated rings. The summed E-state index contributed by atoms with van der Waals surface area (Å²) in [5.41, 5.74) is -0.954. The van der Waals surface area contributed by atoms with E-state index >= 15 is 0 Å². The van der Waals surface area contributed by atoms with Crippen molar-refractivity contribution in [2.24, 2.45) is 10.8 Å². The van der Waals surface area contributed by atoms with E-state index in [1.54, 1.807) is 7.05 Å². The Kier molecular flexibility index (Phi) is 5.36. The van der Waals surface area contributed by atoms with Gasteiger partial charge in [-0.1, -0.05) is 27.2 Å². The Morgan fingerprint density at radius 1 is 1.17 bits per heavy atom. The van der Waals surface area contributed by atoms with Crippen molar-refractivity contribution in [3.8, 4) is 0 Å². The van der Waals surface area contributed by atoms with Gasteiger partial charge in [-0.05, 0) is 18.3 Å². The Balaban J connectivity index is 1.89. The van der Waals surface area contributed by atoms with Crippen molar-refractivity contribution in [2.45, 2.75) is 46.1 Å². The first-order valence-corrected chi connectivity index (χ1v) is 8.63. The smallest absolute Gasteiger partial charge is 0.238 e. The van der Waals surface area contributed by atoms with Crippen LogP contribution in [-0.2, 0) is 9.59 Å². The van der Waals surface area contributed by atoms with Crippen LogP contribution in [0.2, 0.25) is 0 Å². The molecule has 0 bridgehead atoms. The second kappa shape index (κ2) is 6.77. The van der Waals surface area contributed by atoms with Gasteiger partial charge in [0.25, 0.3) is 0 Å². The van der Waals surface area contributed by atoms with Crippen LogP contribution < -0.4 is 5.32 Å². The summed E-state index contributed by atoms with van der Waals surface area (Å²) in [7, 11) is 1.60. The summed E-state index contributed by atoms with van der Waals surface area (Å²) >= 11 is 0. The van der Waals surface area contributed by atoms with Gasteiger partial charge in [-0.25, -0.2) is 0 Å². The summed E-state index contributed by atoms with van der Waals surface area (Å²) in [6.07, 6.45) is 1.88. The van der Waals surface area contributed by atoms with Crippen molar-refractivity contribution in [3.05, 3.63) is 0 Å². The Bertz CT molecular complexity index is 446. The maximum Gasteiger partial charge on any atom is 0.238 e. The normalized spacial score (nSPS) is 23.1. The van der Waals surface area contributed by atoms with Crippen molar-refractivity contribution >= 4 is 11.8 Å². The first-order chi connectivity index (χ1) is 10.7. The third-order valence-electron chi connectivity index (χ3n) is 5.37. The number of piperazine rings is 1. The first-order valence-electron chi connectivity index (χ1n) is 8.63. The lowest BCUT2D eigenvalue weighted by Gasteiger charge is -2.44. The number of amides is 2. The fourth-order valence-corrected chi connectivity index (χ4v) is 3.26. The molecule has 2 aliphatic rings. The number of nitrogens with one attached hydrogen (secondary N) is 1. The SMILES string of the molecule is CNC(=O)C1(C(=O)N2CCN(C[C@H](O)C(C)(C)C)CC2)CCC1. The van der Waals surface area contributed by atoms with Crippen LogP contribution in [0.15, 0.2) is 0 Å². The van der Waals surface area contributed by atoms with Gasteiger partial charge in [0.05, 0.1) is 6.10 Å². The molecule has 0 spiro atoms. The van der Waals surface area contributed by atoms with E-state index in [-0.39, 0.29) is 23.3 Å². The summed E-state index contributed by atoms with van der Waals surface area (Å²) < 4.78 is 0. The molecular formula is C17H31N3O3. The summed E-state index contributed by atoms with van der Waals surface area (Å²) in [6, 6.07) is 0. The van der Waals surface area contributed by atoms with Gasteiger partial charge in [-0.3, -0.25) is 14.5 Å². The predicted molar refractivity (Wildman–Crippen MR) is 88.8 cm³/mol. The molecule has 1 aliphatic heterocycles. The molecule has 1 atom stereocenters. The Morgan fingerprint density at radius 3 is 2.13 bits per heavy atom. The molecule has 23 heavy (non-hydrogen) atoms. The summed E-state index contributed by atoms with van der Waals surface area (Å²) in [6.45, 7) is 9.49. The van der Waals surface area contributed by atoms with Crippen LogP contribution in [0.3, 0.4) is 0 Å². The number of rotatable bonds is 4. The van der Waals surface area contributed by atoms with E-state index in [1.165, 1.54) is 0 Å². The van der Waals surface area contributed by atoms with Gasteiger partial charge in [-0.15, -0.1) is 0 Å². The largest absolute Gasteiger partial charge is 0.391 e. The highest BCUT2D eigenvalue weighted by Crippen LogP contribution is 2.43. The number of nitrogens with zero attached hydrogens (tertiary/aromatic N) is 2. The first kappa shape index (κ1) is 18.2. The molecule has 6 nitrogen and oxygen atoms in total. The zero-order chi connectivity index (χ0) is 17.3. The van der Waals surface area contributed by atoms with Crippen LogP contribution in [0.5, 0.6) is 0 Å². The lowest BCUT2D eigenvalue weighted by molar-refractivity contribution is -0.158. The van der Waals surface area contributed by atoms with E-state index in [0.29, 0.717) is 32.5 Å². The maximum atomic E-state index is 12.8. The minimum absolute atomic E-state index is 0.0147. The van der Waals surface area contributed by atoms with Crippen molar-refractivity contribution in [1.82, 2.24) is 15.1 Å². The van der Waals surface area contributed by atoms with Crippen LogP contribution in [0.25, 0.3) is 0 Å². The lowest BCUT2D eigenvalue weighted by atomic mass is 9.67. The van der Waals surface area contributed by atoms with E-state index in [9.17, 15) is 14.7 Å². The summed E-state index contributed by atoms with van der Waals surface area (Å²) in [5.74, 6) is -0.154. The highest BCUT2D eigenvalue weighted by molar-refractivity contribution is 6.05. The van der Waals surface area contributed by atoms with Gasteiger partial charge in [-0.2, -0.15) is 0 Å². The number of carbonyl (C=O) groups excluding carboxylic acids is 2. The van der Waals surface area contributed by atoms with Gasteiger partial charge in [0.2, 0.25) is 11.8 Å². The summed E-state index contributed by atoms with van der Waals surface area (Å²) in [5, 5.41) is 12.9. The number of aliphatic hydroxyl groups is 1. The van der Waals surface area contributed by atoms with Crippen molar-refractivity contribution in [2.75, 3.05) is 39.8 Å². The van der Waals surface area contributed by atoms with Crippen LogP contribution in [-0.4, -0.2) is 72.6 Å². The fourth-order valence-electron chi connectivity index (χ4n) is 3.26. The number of hydrogen-bond acceptors (Lipinski definition) is 4. The van der Waals surface area contributed by atoms with Gasteiger partial charge in [0.1, 0.15) is 5.41 Å². The second-order valence-electron chi connectivity index (χ2n) is 7.99. The van der Waals surface area contributed by atoms with E-state index < -0.39 is 5.41 Å². The highest BCUT2D eigenvalue weighted by atomic mass is 16.3. The van der Waals surface area contributed by atoms with Crippen molar-refractivity contribution < 1.29 is 14.7 Å². The van der Waals surface area contributed by atoms with Crippen LogP contribution >= 0.6 is 0 Å². The van der Waals surface area contributed by atoms with Gasteiger partial charge in [0, 0.05) is 39.8 Å². The van der Waals surface area contributed by atoms with Gasteiger partial charge < -0.3 is 15.3 Å². The molecule has 132 valence electrons. The van der Waals surface area contributed by atoms with E-state index in [4.69, 9.17) is 0 Å². The zero-order valence-electron chi connectivity index (χ0n) is 14.9. The van der Waals surface area contributed by atoms with Gasteiger partial charge >= 0.3 is 0 Å². The third-order valence-corrected chi connectivity index (χ3v) is 5.37. The number of hydrogen-bond donors (Lipinski definition) is 2. The van der Waals surface area contributed by atoms with E-state index in [2.05, 4.69) is 10.2 Å². The van der Waals surface area contributed by atoms with Crippen molar-refractivity contribution in [3.63, 3.8) is 0 Å². The summed E-state index contributed by atoms with van der Waals surface area (Å²) in [4.78, 5) is 28.9. The van der Waals surface area contributed by atoms with Crippen LogP contribution in [0.1, 0.15) is 40.0 Å². The van der Waals surface area contributed by atoms with Gasteiger partial charge in [0.15, 0.2) is 0 Å². The van der Waals surface area contributed by atoms with Crippen LogP contribution in [0, 0.1) is 10.8 Å². The topological polar surface area (TPSA) is 72.9 Å². The molecule has 1 aliphatic carbocycles. The third kappa shape index (κ3) is 3.69. The average molecular weight is 325 g/mol. The Labute approximate surface area is 139 Å². The fraction of sp³-hybridized carbons (Fsp3) is 0.882. The quantitative estimate of drug-likeness (QED) is 0.736. The molecule has 0 aromatic carbocycles. The molecule has 0 aromatic heterocycles. The predicted octanol–water partition coefficient (Wildman–Crippen LogP) is 0.454. The standard InChI is InChI=1S/C17H31N3O3/c1-16(2,3)13(21)12-19-8-10-20(11-9-19)15(23)17(6-5-7-17)14(22)18-4/h13,21H,5-12H2,1-4H3,(H,18,22)/t13-/m0/s1. The molecule has 0 aromatic rings. The average Bonchev–Trinajstić information content (AvgIpc) is 2.45. The molecule has 0 radical (unpaired) electrons. The molecule has 6 heteroatoms. The van der Waals surface area contributed by atoms with E-state index in [0.717, 1.165) is 19.5 Å². The second-order valence-corrected chi connectivity index (χ2v) is 7.99. The monoisotopic (exact) mass is 325 g/mol. The Morgan fingerprint density at radius 2 is 1.74 bits per heavy atom. The maximum absolute atomic E-state index is 12.8.